The van der Waals surface area contributed by atoms with Crippen LogP contribution in [0.2, 0.25) is 5.15 Å². The maximum Gasteiger partial charge on any atom is 0.134 e. The van der Waals surface area contributed by atoms with Crippen LogP contribution in [-0.2, 0) is 11.2 Å². The second-order valence-corrected chi connectivity index (χ2v) is 4.33. The number of morpholine rings is 1. The van der Waals surface area contributed by atoms with Crippen LogP contribution >= 0.6 is 11.6 Å². The first-order valence-corrected chi connectivity index (χ1v) is 6.11. The highest BCUT2D eigenvalue weighted by molar-refractivity contribution is 6.29. The van der Waals surface area contributed by atoms with Gasteiger partial charge in [0.2, 0.25) is 0 Å². The first-order chi connectivity index (χ1) is 8.22. The molecule has 1 atom stereocenters. The lowest BCUT2D eigenvalue weighted by molar-refractivity contribution is 0.00335. The smallest absolute Gasteiger partial charge is 0.134 e. The fourth-order valence-electron chi connectivity index (χ4n) is 1.81. The third kappa shape index (κ3) is 3.06. The van der Waals surface area contributed by atoms with Gasteiger partial charge in [0.05, 0.1) is 19.3 Å². The van der Waals surface area contributed by atoms with Crippen LogP contribution in [0.4, 0.5) is 5.82 Å². The number of aliphatic hydroxyl groups is 1. The van der Waals surface area contributed by atoms with Crippen LogP contribution in [-0.4, -0.2) is 47.5 Å². The number of aliphatic hydroxyl groups excluding tert-OH is 1. The molecule has 1 fully saturated rings. The highest BCUT2D eigenvalue weighted by Gasteiger charge is 2.21. The lowest BCUT2D eigenvalue weighted by Crippen LogP contribution is -2.44. The van der Waals surface area contributed by atoms with Gasteiger partial charge in [-0.3, -0.25) is 0 Å². The van der Waals surface area contributed by atoms with Crippen molar-refractivity contribution in [2.45, 2.75) is 19.4 Å². The largest absolute Gasteiger partial charge is 0.394 e. The van der Waals surface area contributed by atoms with Crippen LogP contribution in [0.15, 0.2) is 6.07 Å². The molecule has 0 aromatic carbocycles. The van der Waals surface area contributed by atoms with E-state index in [9.17, 15) is 0 Å². The molecule has 17 heavy (non-hydrogen) atoms. The van der Waals surface area contributed by atoms with Gasteiger partial charge in [0, 0.05) is 25.6 Å². The van der Waals surface area contributed by atoms with E-state index in [0.29, 0.717) is 18.3 Å². The van der Waals surface area contributed by atoms with Gasteiger partial charge in [-0.1, -0.05) is 18.5 Å². The molecule has 0 unspecified atom stereocenters. The summed E-state index contributed by atoms with van der Waals surface area (Å²) in [7, 11) is 0. The molecule has 0 aliphatic carbocycles. The zero-order valence-corrected chi connectivity index (χ0v) is 10.5. The minimum atomic E-state index is -0.150. The Hall–Kier alpha value is -0.910. The summed E-state index contributed by atoms with van der Waals surface area (Å²) >= 11 is 5.96. The van der Waals surface area contributed by atoms with E-state index in [1.807, 2.05) is 6.92 Å². The molecule has 1 N–H and O–H groups in total. The number of aryl methyl sites for hydroxylation is 1. The number of halogens is 1. The van der Waals surface area contributed by atoms with E-state index in [0.717, 1.165) is 24.6 Å². The molecule has 0 radical (unpaired) electrons. The van der Waals surface area contributed by atoms with Crippen molar-refractivity contribution in [2.75, 3.05) is 31.2 Å². The topological polar surface area (TPSA) is 58.5 Å². The summed E-state index contributed by atoms with van der Waals surface area (Å²) in [5.74, 6) is 1.54. The number of hydrogen-bond donors (Lipinski definition) is 1. The predicted molar refractivity (Wildman–Crippen MR) is 65.5 cm³/mol. The molecule has 0 spiro atoms. The lowest BCUT2D eigenvalue weighted by Gasteiger charge is -2.33. The van der Waals surface area contributed by atoms with E-state index in [1.165, 1.54) is 0 Å². The number of anilines is 1. The standard InChI is InChI=1S/C11H16ClN3O2/c1-2-10-13-9(12)5-11(14-10)15-3-4-17-8(6-15)7-16/h5,8,16H,2-4,6-7H2,1H3/t8-/m1/s1. The summed E-state index contributed by atoms with van der Waals surface area (Å²) in [5, 5.41) is 9.56. The minimum Gasteiger partial charge on any atom is -0.394 e. The Morgan fingerprint density at radius 3 is 3.12 bits per heavy atom. The molecule has 1 saturated heterocycles. The third-order valence-corrected chi connectivity index (χ3v) is 2.90. The van der Waals surface area contributed by atoms with Crippen molar-refractivity contribution < 1.29 is 9.84 Å². The molecule has 6 heteroatoms. The highest BCUT2D eigenvalue weighted by atomic mass is 35.5. The summed E-state index contributed by atoms with van der Waals surface area (Å²) in [6.45, 7) is 4.00. The van der Waals surface area contributed by atoms with Crippen molar-refractivity contribution in [3.8, 4) is 0 Å². The van der Waals surface area contributed by atoms with Gasteiger partial charge in [-0.25, -0.2) is 9.97 Å². The van der Waals surface area contributed by atoms with Gasteiger partial charge in [0.1, 0.15) is 16.8 Å². The normalized spacial score (nSPS) is 20.6. The van der Waals surface area contributed by atoms with Crippen LogP contribution in [0.1, 0.15) is 12.7 Å². The van der Waals surface area contributed by atoms with E-state index in [-0.39, 0.29) is 12.7 Å². The monoisotopic (exact) mass is 257 g/mol. The molecule has 1 aromatic heterocycles. The zero-order chi connectivity index (χ0) is 12.3. The summed E-state index contributed by atoms with van der Waals surface area (Å²) in [4.78, 5) is 10.6. The Morgan fingerprint density at radius 2 is 2.41 bits per heavy atom. The predicted octanol–water partition coefficient (Wildman–Crippen LogP) is 0.890. The average molecular weight is 258 g/mol. The van der Waals surface area contributed by atoms with Crippen molar-refractivity contribution >= 4 is 17.4 Å². The zero-order valence-electron chi connectivity index (χ0n) is 9.77. The number of ether oxygens (including phenoxy) is 1. The molecule has 1 aromatic rings. The van der Waals surface area contributed by atoms with E-state index < -0.39 is 0 Å². The SMILES string of the molecule is CCc1nc(Cl)cc(N2CCO[C@@H](CO)C2)n1. The molecule has 0 saturated carbocycles. The Morgan fingerprint density at radius 1 is 1.59 bits per heavy atom. The second kappa shape index (κ2) is 5.62. The van der Waals surface area contributed by atoms with Gasteiger partial charge in [0.25, 0.3) is 0 Å². The Balaban J connectivity index is 2.18. The third-order valence-electron chi connectivity index (χ3n) is 2.71. The Labute approximate surface area is 105 Å². The van der Waals surface area contributed by atoms with E-state index >= 15 is 0 Å². The molecule has 2 rings (SSSR count). The highest BCUT2D eigenvalue weighted by Crippen LogP contribution is 2.19. The van der Waals surface area contributed by atoms with Crippen LogP contribution in [0, 0.1) is 0 Å². The number of aromatic nitrogens is 2. The van der Waals surface area contributed by atoms with Crippen LogP contribution in [0.3, 0.4) is 0 Å². The summed E-state index contributed by atoms with van der Waals surface area (Å²) in [5.41, 5.74) is 0. The van der Waals surface area contributed by atoms with E-state index in [4.69, 9.17) is 21.4 Å². The van der Waals surface area contributed by atoms with Crippen LogP contribution < -0.4 is 4.90 Å². The first kappa shape index (κ1) is 12.5. The molecule has 0 bridgehead atoms. The number of hydrogen-bond acceptors (Lipinski definition) is 5. The first-order valence-electron chi connectivity index (χ1n) is 5.73. The van der Waals surface area contributed by atoms with Gasteiger partial charge in [-0.15, -0.1) is 0 Å². The molecular weight excluding hydrogens is 242 g/mol. The fourth-order valence-corrected chi connectivity index (χ4v) is 2.00. The summed E-state index contributed by atoms with van der Waals surface area (Å²) < 4.78 is 5.40. The van der Waals surface area contributed by atoms with Gasteiger partial charge < -0.3 is 14.7 Å². The van der Waals surface area contributed by atoms with Gasteiger partial charge in [-0.2, -0.15) is 0 Å². The number of nitrogens with zero attached hydrogens (tertiary/aromatic N) is 3. The molecule has 2 heterocycles. The average Bonchev–Trinajstić information content (AvgIpc) is 2.38. The van der Waals surface area contributed by atoms with Gasteiger partial charge in [-0.05, 0) is 0 Å². The molecular formula is C11H16ClN3O2. The lowest BCUT2D eigenvalue weighted by atomic mass is 10.3. The fraction of sp³-hybridized carbons (Fsp3) is 0.636. The van der Waals surface area contributed by atoms with E-state index in [2.05, 4.69) is 14.9 Å². The van der Waals surface area contributed by atoms with Crippen molar-refractivity contribution in [3.63, 3.8) is 0 Å². The maximum absolute atomic E-state index is 9.10. The molecule has 5 nitrogen and oxygen atoms in total. The van der Waals surface area contributed by atoms with Gasteiger partial charge >= 0.3 is 0 Å². The Kier molecular flexibility index (Phi) is 4.15. The minimum absolute atomic E-state index is 0.0238. The number of rotatable bonds is 3. The Bertz CT molecular complexity index is 389. The molecule has 94 valence electrons. The van der Waals surface area contributed by atoms with Gasteiger partial charge in [0.15, 0.2) is 0 Å². The molecule has 0 amide bonds. The van der Waals surface area contributed by atoms with Crippen LogP contribution in [0.25, 0.3) is 0 Å². The summed E-state index contributed by atoms with van der Waals surface area (Å²) in [6, 6.07) is 1.75. The second-order valence-electron chi connectivity index (χ2n) is 3.94. The summed E-state index contributed by atoms with van der Waals surface area (Å²) in [6.07, 6.45) is 0.601. The maximum atomic E-state index is 9.10. The van der Waals surface area contributed by atoms with Crippen molar-refractivity contribution in [1.82, 2.24) is 9.97 Å². The molecule has 1 aliphatic heterocycles. The quantitative estimate of drug-likeness (QED) is 0.815. The van der Waals surface area contributed by atoms with Crippen molar-refractivity contribution in [3.05, 3.63) is 17.0 Å². The van der Waals surface area contributed by atoms with Crippen molar-refractivity contribution in [1.29, 1.82) is 0 Å². The van der Waals surface area contributed by atoms with Crippen LogP contribution in [0.5, 0.6) is 0 Å². The van der Waals surface area contributed by atoms with E-state index in [1.54, 1.807) is 6.07 Å². The molecule has 1 aliphatic rings. The van der Waals surface area contributed by atoms with Crippen molar-refractivity contribution in [2.24, 2.45) is 0 Å².